The van der Waals surface area contributed by atoms with Crippen molar-refractivity contribution in [1.82, 2.24) is 0 Å². The van der Waals surface area contributed by atoms with Crippen molar-refractivity contribution in [3.8, 4) is 5.75 Å². The second kappa shape index (κ2) is 4.60. The summed E-state index contributed by atoms with van der Waals surface area (Å²) in [6.07, 6.45) is 0.994. The van der Waals surface area contributed by atoms with Gasteiger partial charge in [0.15, 0.2) is 0 Å². The van der Waals surface area contributed by atoms with Crippen molar-refractivity contribution in [3.05, 3.63) is 50.7 Å². The second-order valence-electron chi connectivity index (χ2n) is 4.70. The molecule has 1 aliphatic heterocycles. The monoisotopic (exact) mass is 278 g/mol. The van der Waals surface area contributed by atoms with Crippen LogP contribution in [0.5, 0.6) is 5.75 Å². The van der Waals surface area contributed by atoms with Crippen LogP contribution in [-0.4, -0.2) is 6.61 Å². The van der Waals surface area contributed by atoms with Crippen molar-refractivity contribution in [2.24, 2.45) is 0 Å². The molecule has 1 aliphatic rings. The molecule has 0 aliphatic carbocycles. The molecule has 0 fully saturated rings. The summed E-state index contributed by atoms with van der Waals surface area (Å²) in [6, 6.07) is 8.50. The number of hydrogen-bond acceptors (Lipinski definition) is 2. The van der Waals surface area contributed by atoms with Crippen LogP contribution in [0, 0.1) is 13.8 Å². The summed E-state index contributed by atoms with van der Waals surface area (Å²) < 4.78 is 5.53. The first-order valence-corrected chi connectivity index (χ1v) is 7.37. The highest BCUT2D eigenvalue weighted by Gasteiger charge is 2.19. The molecule has 0 saturated heterocycles. The lowest BCUT2D eigenvalue weighted by Gasteiger charge is -2.11. The molecular formula is C15H15ClOS. The number of ether oxygens (including phenoxy) is 1. The Hall–Kier alpha value is -0.990. The highest BCUT2D eigenvalue weighted by molar-refractivity contribution is 7.12. The van der Waals surface area contributed by atoms with Crippen LogP contribution >= 0.6 is 22.9 Å². The molecular weight excluding hydrogens is 264 g/mol. The molecule has 0 amide bonds. The summed E-state index contributed by atoms with van der Waals surface area (Å²) in [7, 11) is 0. The third-order valence-corrected chi connectivity index (χ3v) is 4.83. The fourth-order valence-electron chi connectivity index (χ4n) is 2.45. The van der Waals surface area contributed by atoms with Gasteiger partial charge in [-0.15, -0.1) is 22.9 Å². The van der Waals surface area contributed by atoms with Crippen molar-refractivity contribution in [1.29, 1.82) is 0 Å². The average Bonchev–Trinajstić information content (AvgIpc) is 2.93. The van der Waals surface area contributed by atoms with Gasteiger partial charge < -0.3 is 4.74 Å². The Morgan fingerprint density at radius 1 is 1.28 bits per heavy atom. The number of thiophene rings is 1. The fourth-order valence-corrected chi connectivity index (χ4v) is 3.84. The number of hydrogen-bond donors (Lipinski definition) is 0. The van der Waals surface area contributed by atoms with E-state index in [1.54, 1.807) is 0 Å². The van der Waals surface area contributed by atoms with Gasteiger partial charge in [-0.2, -0.15) is 0 Å². The van der Waals surface area contributed by atoms with Gasteiger partial charge in [0, 0.05) is 16.2 Å². The molecule has 2 heterocycles. The van der Waals surface area contributed by atoms with Crippen LogP contribution in [0.3, 0.4) is 0 Å². The van der Waals surface area contributed by atoms with Gasteiger partial charge in [-0.05, 0) is 42.7 Å². The molecule has 94 valence electrons. The maximum Gasteiger partial charge on any atom is 0.122 e. The standard InChI is InChI=1S/C15H15ClOS/c1-9-7-13(10(2)18-9)15(16)12-3-4-14-11(8-12)5-6-17-14/h3-4,7-8,15H,5-6H2,1-2H3. The summed E-state index contributed by atoms with van der Waals surface area (Å²) in [5, 5.41) is -0.0548. The number of aryl methyl sites for hydroxylation is 2. The molecule has 18 heavy (non-hydrogen) atoms. The maximum absolute atomic E-state index is 6.62. The quantitative estimate of drug-likeness (QED) is 0.728. The molecule has 3 rings (SSSR count). The Kier molecular flexibility index (Phi) is 3.08. The molecule has 0 saturated carbocycles. The lowest BCUT2D eigenvalue weighted by molar-refractivity contribution is 0.357. The Morgan fingerprint density at radius 3 is 2.83 bits per heavy atom. The normalized spacial score (nSPS) is 15.3. The van der Waals surface area contributed by atoms with Crippen molar-refractivity contribution in [2.75, 3.05) is 6.61 Å². The van der Waals surface area contributed by atoms with Crippen LogP contribution in [-0.2, 0) is 6.42 Å². The highest BCUT2D eigenvalue weighted by atomic mass is 35.5. The van der Waals surface area contributed by atoms with Crippen LogP contribution < -0.4 is 4.74 Å². The van der Waals surface area contributed by atoms with Crippen molar-refractivity contribution in [2.45, 2.75) is 25.6 Å². The molecule has 0 spiro atoms. The van der Waals surface area contributed by atoms with Crippen LogP contribution in [0.1, 0.15) is 31.8 Å². The summed E-state index contributed by atoms with van der Waals surface area (Å²) >= 11 is 8.43. The van der Waals surface area contributed by atoms with E-state index in [-0.39, 0.29) is 5.38 Å². The largest absolute Gasteiger partial charge is 0.493 e. The van der Waals surface area contributed by atoms with Crippen molar-refractivity contribution < 1.29 is 4.74 Å². The van der Waals surface area contributed by atoms with E-state index in [0.717, 1.165) is 18.8 Å². The molecule has 0 bridgehead atoms. The molecule has 1 unspecified atom stereocenters. The first-order valence-electron chi connectivity index (χ1n) is 6.12. The minimum atomic E-state index is -0.0548. The maximum atomic E-state index is 6.62. The minimum absolute atomic E-state index is 0.0548. The van der Waals surface area contributed by atoms with Gasteiger partial charge in [0.2, 0.25) is 0 Å². The van der Waals surface area contributed by atoms with Gasteiger partial charge in [-0.25, -0.2) is 0 Å². The molecule has 3 heteroatoms. The lowest BCUT2D eigenvalue weighted by Crippen LogP contribution is -1.94. The van der Waals surface area contributed by atoms with E-state index in [4.69, 9.17) is 16.3 Å². The highest BCUT2D eigenvalue weighted by Crippen LogP contribution is 2.37. The molecule has 1 aromatic heterocycles. The van der Waals surface area contributed by atoms with Crippen LogP contribution in [0.4, 0.5) is 0 Å². The Balaban J connectivity index is 1.97. The van der Waals surface area contributed by atoms with Gasteiger partial charge in [0.25, 0.3) is 0 Å². The number of halogens is 1. The predicted octanol–water partition coefficient (Wildman–Crippen LogP) is 4.63. The van der Waals surface area contributed by atoms with E-state index in [1.165, 1.54) is 26.4 Å². The third kappa shape index (κ3) is 2.04. The van der Waals surface area contributed by atoms with E-state index in [0.29, 0.717) is 0 Å². The lowest BCUT2D eigenvalue weighted by atomic mass is 10.0. The van der Waals surface area contributed by atoms with E-state index in [1.807, 2.05) is 17.4 Å². The topological polar surface area (TPSA) is 9.23 Å². The molecule has 1 nitrogen and oxygen atoms in total. The number of alkyl halides is 1. The predicted molar refractivity (Wildman–Crippen MR) is 77.1 cm³/mol. The van der Waals surface area contributed by atoms with E-state index in [9.17, 15) is 0 Å². The smallest absolute Gasteiger partial charge is 0.122 e. The number of benzene rings is 1. The van der Waals surface area contributed by atoms with Gasteiger partial charge in [-0.1, -0.05) is 12.1 Å². The molecule has 1 aromatic carbocycles. The molecule has 0 N–H and O–H groups in total. The summed E-state index contributed by atoms with van der Waals surface area (Å²) in [5.41, 5.74) is 3.68. The van der Waals surface area contributed by atoms with Gasteiger partial charge in [-0.3, -0.25) is 0 Å². The van der Waals surface area contributed by atoms with E-state index >= 15 is 0 Å². The van der Waals surface area contributed by atoms with Crippen LogP contribution in [0.15, 0.2) is 24.3 Å². The minimum Gasteiger partial charge on any atom is -0.493 e. The van der Waals surface area contributed by atoms with E-state index < -0.39 is 0 Å². The Bertz CT molecular complexity index is 588. The van der Waals surface area contributed by atoms with Gasteiger partial charge in [0.1, 0.15) is 5.75 Å². The third-order valence-electron chi connectivity index (χ3n) is 3.36. The van der Waals surface area contributed by atoms with Crippen LogP contribution in [0.2, 0.25) is 0 Å². The first-order chi connectivity index (χ1) is 8.65. The van der Waals surface area contributed by atoms with E-state index in [2.05, 4.69) is 32.0 Å². The van der Waals surface area contributed by atoms with Crippen molar-refractivity contribution in [3.63, 3.8) is 0 Å². The summed E-state index contributed by atoms with van der Waals surface area (Å²) in [4.78, 5) is 2.63. The first kappa shape index (κ1) is 12.1. The summed E-state index contributed by atoms with van der Waals surface area (Å²) in [5.74, 6) is 1.01. The number of rotatable bonds is 2. The van der Waals surface area contributed by atoms with Crippen LogP contribution in [0.25, 0.3) is 0 Å². The zero-order valence-corrected chi connectivity index (χ0v) is 12.1. The average molecular weight is 279 g/mol. The van der Waals surface area contributed by atoms with Gasteiger partial charge in [0.05, 0.1) is 12.0 Å². The zero-order chi connectivity index (χ0) is 12.7. The number of fused-ring (bicyclic) bond motifs is 1. The van der Waals surface area contributed by atoms with Gasteiger partial charge >= 0.3 is 0 Å². The Morgan fingerprint density at radius 2 is 2.11 bits per heavy atom. The zero-order valence-electron chi connectivity index (χ0n) is 10.5. The fraction of sp³-hybridized carbons (Fsp3) is 0.333. The molecule has 0 radical (unpaired) electrons. The summed E-state index contributed by atoms with van der Waals surface area (Å²) in [6.45, 7) is 5.06. The SMILES string of the molecule is Cc1cc(C(Cl)c2ccc3c(c2)CCO3)c(C)s1. The molecule has 1 atom stereocenters. The second-order valence-corrected chi connectivity index (χ2v) is 6.59. The Labute approximate surface area is 116 Å². The molecule has 2 aromatic rings. The van der Waals surface area contributed by atoms with Crippen molar-refractivity contribution >= 4 is 22.9 Å².